The van der Waals surface area contributed by atoms with E-state index >= 15 is 0 Å². The van der Waals surface area contributed by atoms with Crippen molar-refractivity contribution in [3.63, 3.8) is 0 Å². The number of nitrogen functional groups attached to an aromatic ring is 1. The molecule has 1 aliphatic rings. The predicted octanol–water partition coefficient (Wildman–Crippen LogP) is 0.344. The molecule has 1 atom stereocenters. The maximum atomic E-state index is 11.3. The summed E-state index contributed by atoms with van der Waals surface area (Å²) in [7, 11) is -0.860. The van der Waals surface area contributed by atoms with E-state index in [2.05, 4.69) is 9.88 Å². The van der Waals surface area contributed by atoms with Crippen molar-refractivity contribution in [3.8, 4) is 0 Å². The molecule has 0 saturated carbocycles. The van der Waals surface area contributed by atoms with Gasteiger partial charge in [-0.05, 0) is 13.5 Å². The van der Waals surface area contributed by atoms with Crippen molar-refractivity contribution >= 4 is 26.3 Å². The first-order valence-electron chi connectivity index (χ1n) is 5.07. The van der Waals surface area contributed by atoms with Gasteiger partial charge in [0.2, 0.25) is 0 Å². The number of rotatable bonds is 3. The Morgan fingerprint density at radius 1 is 1.69 bits per heavy atom. The minimum Gasteiger partial charge on any atom is -0.375 e. The SMILES string of the molecule is CN(Cc1cnc(N)s1)C1CCS(=O)(=O)C1. The van der Waals surface area contributed by atoms with Gasteiger partial charge in [0.25, 0.3) is 0 Å². The summed E-state index contributed by atoms with van der Waals surface area (Å²) in [6.07, 6.45) is 2.48. The highest BCUT2D eigenvalue weighted by molar-refractivity contribution is 7.91. The number of nitrogens with zero attached hydrogens (tertiary/aromatic N) is 2. The van der Waals surface area contributed by atoms with Gasteiger partial charge in [-0.2, -0.15) is 0 Å². The van der Waals surface area contributed by atoms with Crippen molar-refractivity contribution in [1.82, 2.24) is 9.88 Å². The topological polar surface area (TPSA) is 76.3 Å². The molecule has 5 nitrogen and oxygen atoms in total. The smallest absolute Gasteiger partial charge is 0.180 e. The Morgan fingerprint density at radius 3 is 2.94 bits per heavy atom. The van der Waals surface area contributed by atoms with Gasteiger partial charge >= 0.3 is 0 Å². The monoisotopic (exact) mass is 261 g/mol. The molecule has 1 unspecified atom stereocenters. The van der Waals surface area contributed by atoms with E-state index in [0.717, 1.165) is 17.8 Å². The van der Waals surface area contributed by atoms with Crippen molar-refractivity contribution in [2.45, 2.75) is 19.0 Å². The molecule has 16 heavy (non-hydrogen) atoms. The first kappa shape index (κ1) is 11.8. The van der Waals surface area contributed by atoms with Gasteiger partial charge in [0, 0.05) is 23.7 Å². The van der Waals surface area contributed by atoms with Gasteiger partial charge in [-0.15, -0.1) is 11.3 Å². The number of hydrogen-bond acceptors (Lipinski definition) is 6. The molecule has 0 aromatic carbocycles. The van der Waals surface area contributed by atoms with Crippen molar-refractivity contribution in [1.29, 1.82) is 0 Å². The van der Waals surface area contributed by atoms with E-state index < -0.39 is 9.84 Å². The molecule has 1 saturated heterocycles. The summed E-state index contributed by atoms with van der Waals surface area (Å²) in [6.45, 7) is 0.717. The first-order valence-corrected chi connectivity index (χ1v) is 7.71. The van der Waals surface area contributed by atoms with E-state index in [1.165, 1.54) is 11.3 Å². The van der Waals surface area contributed by atoms with Gasteiger partial charge in [-0.3, -0.25) is 4.90 Å². The molecule has 1 aliphatic heterocycles. The van der Waals surface area contributed by atoms with Gasteiger partial charge in [-0.1, -0.05) is 0 Å². The van der Waals surface area contributed by atoms with Crippen LogP contribution in [-0.4, -0.2) is 42.9 Å². The van der Waals surface area contributed by atoms with E-state index in [-0.39, 0.29) is 11.8 Å². The zero-order valence-corrected chi connectivity index (χ0v) is 10.7. The van der Waals surface area contributed by atoms with Crippen LogP contribution in [0.2, 0.25) is 0 Å². The lowest BCUT2D eigenvalue weighted by Gasteiger charge is -2.21. The molecule has 90 valence electrons. The van der Waals surface area contributed by atoms with Crippen LogP contribution in [0.4, 0.5) is 5.13 Å². The molecule has 0 radical (unpaired) electrons. The van der Waals surface area contributed by atoms with Gasteiger partial charge in [0.1, 0.15) is 0 Å². The van der Waals surface area contributed by atoms with Crippen LogP contribution in [0.5, 0.6) is 0 Å². The van der Waals surface area contributed by atoms with E-state index in [1.807, 2.05) is 7.05 Å². The Hall–Kier alpha value is -0.660. The van der Waals surface area contributed by atoms with Crippen LogP contribution in [0, 0.1) is 0 Å². The molecule has 2 N–H and O–H groups in total. The molecule has 1 fully saturated rings. The van der Waals surface area contributed by atoms with E-state index in [4.69, 9.17) is 5.73 Å². The largest absolute Gasteiger partial charge is 0.375 e. The standard InChI is InChI=1S/C9H15N3O2S2/c1-12(5-8-4-11-9(10)15-8)7-2-3-16(13,14)6-7/h4,7H,2-3,5-6H2,1H3,(H2,10,11). The highest BCUT2D eigenvalue weighted by Crippen LogP contribution is 2.21. The molecule has 1 aromatic heterocycles. The van der Waals surface area contributed by atoms with Crippen LogP contribution >= 0.6 is 11.3 Å². The van der Waals surface area contributed by atoms with Crippen molar-refractivity contribution in [2.75, 3.05) is 24.3 Å². The number of thiazole rings is 1. The van der Waals surface area contributed by atoms with Gasteiger partial charge in [-0.25, -0.2) is 13.4 Å². The summed E-state index contributed by atoms with van der Waals surface area (Å²) in [4.78, 5) is 7.12. The summed E-state index contributed by atoms with van der Waals surface area (Å²) in [5.41, 5.74) is 5.54. The van der Waals surface area contributed by atoms with E-state index in [1.54, 1.807) is 6.20 Å². The highest BCUT2D eigenvalue weighted by atomic mass is 32.2. The maximum absolute atomic E-state index is 11.3. The summed E-state index contributed by atoms with van der Waals surface area (Å²) >= 11 is 1.45. The number of hydrogen-bond donors (Lipinski definition) is 1. The third kappa shape index (κ3) is 2.72. The van der Waals surface area contributed by atoms with Gasteiger partial charge in [0.05, 0.1) is 11.5 Å². The summed E-state index contributed by atoms with van der Waals surface area (Å²) < 4.78 is 22.7. The van der Waals surface area contributed by atoms with Crippen molar-refractivity contribution in [2.24, 2.45) is 0 Å². The first-order chi connectivity index (χ1) is 7.46. The normalized spacial score (nSPS) is 24.0. The van der Waals surface area contributed by atoms with Crippen LogP contribution in [0.3, 0.4) is 0 Å². The second-order valence-corrected chi connectivity index (χ2v) is 7.51. The van der Waals surface area contributed by atoms with Gasteiger partial charge in [0.15, 0.2) is 15.0 Å². The number of anilines is 1. The van der Waals surface area contributed by atoms with Gasteiger partial charge < -0.3 is 5.73 Å². The molecule has 2 heterocycles. The lowest BCUT2D eigenvalue weighted by molar-refractivity contribution is 0.256. The third-order valence-electron chi connectivity index (χ3n) is 2.81. The fraction of sp³-hybridized carbons (Fsp3) is 0.667. The molecule has 2 rings (SSSR count). The number of sulfone groups is 1. The Kier molecular flexibility index (Phi) is 3.18. The molecule has 0 bridgehead atoms. The van der Waals surface area contributed by atoms with Crippen molar-refractivity contribution < 1.29 is 8.42 Å². The van der Waals surface area contributed by atoms with Crippen LogP contribution in [0.1, 0.15) is 11.3 Å². The fourth-order valence-corrected chi connectivity index (χ4v) is 4.45. The molecule has 0 aliphatic carbocycles. The molecule has 1 aromatic rings. The zero-order chi connectivity index (χ0) is 11.8. The zero-order valence-electron chi connectivity index (χ0n) is 9.09. The molecular formula is C9H15N3O2S2. The quantitative estimate of drug-likeness (QED) is 0.849. The average molecular weight is 261 g/mol. The Balaban J connectivity index is 1.96. The summed E-state index contributed by atoms with van der Waals surface area (Å²) in [6, 6.07) is 0.133. The Morgan fingerprint density at radius 2 is 2.44 bits per heavy atom. The molecular weight excluding hydrogens is 246 g/mol. The van der Waals surface area contributed by atoms with Crippen molar-refractivity contribution in [3.05, 3.63) is 11.1 Å². The summed E-state index contributed by atoms with van der Waals surface area (Å²) in [5.74, 6) is 0.588. The third-order valence-corrected chi connectivity index (χ3v) is 5.37. The fourth-order valence-electron chi connectivity index (χ4n) is 1.89. The molecule has 0 spiro atoms. The van der Waals surface area contributed by atoms with Crippen LogP contribution in [-0.2, 0) is 16.4 Å². The number of nitrogens with two attached hydrogens (primary N) is 1. The highest BCUT2D eigenvalue weighted by Gasteiger charge is 2.30. The second kappa shape index (κ2) is 4.31. The minimum atomic E-state index is -2.81. The Labute approximate surface area is 99.2 Å². The van der Waals surface area contributed by atoms with Crippen LogP contribution in [0.25, 0.3) is 0 Å². The summed E-state index contributed by atoms with van der Waals surface area (Å²) in [5, 5.41) is 0.558. The lowest BCUT2D eigenvalue weighted by Crippen LogP contribution is -2.31. The molecule has 7 heteroatoms. The average Bonchev–Trinajstić information content (AvgIpc) is 2.72. The minimum absolute atomic E-state index is 0.133. The van der Waals surface area contributed by atoms with Crippen LogP contribution in [0.15, 0.2) is 6.20 Å². The van der Waals surface area contributed by atoms with Crippen LogP contribution < -0.4 is 5.73 Å². The number of aromatic nitrogens is 1. The Bertz CT molecular complexity index is 469. The second-order valence-electron chi connectivity index (χ2n) is 4.14. The van der Waals surface area contributed by atoms with E-state index in [0.29, 0.717) is 10.9 Å². The van der Waals surface area contributed by atoms with E-state index in [9.17, 15) is 8.42 Å². The predicted molar refractivity (Wildman–Crippen MR) is 65.1 cm³/mol. The maximum Gasteiger partial charge on any atom is 0.180 e. The molecule has 0 amide bonds. The lowest BCUT2D eigenvalue weighted by atomic mass is 10.2.